The van der Waals surface area contributed by atoms with Crippen LogP contribution < -0.4 is 10.1 Å². The highest BCUT2D eigenvalue weighted by Crippen LogP contribution is 2.20. The van der Waals surface area contributed by atoms with E-state index < -0.39 is 11.5 Å². The molecule has 110 valence electrons. The second kappa shape index (κ2) is 5.91. The molecule has 0 unspecified atom stereocenters. The molecular formula is C16H15F2NO2. The number of rotatable bonds is 4. The Morgan fingerprint density at radius 3 is 1.95 bits per heavy atom. The van der Waals surface area contributed by atoms with Gasteiger partial charge in [-0.2, -0.15) is 0 Å². The molecule has 1 N–H and O–H groups in total. The van der Waals surface area contributed by atoms with Crippen LogP contribution in [0, 0.1) is 11.6 Å². The first kappa shape index (κ1) is 15.0. The number of hydrogen-bond donors (Lipinski definition) is 1. The highest BCUT2D eigenvalue weighted by molar-refractivity contribution is 5.96. The van der Waals surface area contributed by atoms with E-state index in [0.717, 1.165) is 0 Å². The van der Waals surface area contributed by atoms with Gasteiger partial charge in [0.1, 0.15) is 17.4 Å². The van der Waals surface area contributed by atoms with Gasteiger partial charge in [0.25, 0.3) is 5.91 Å². The van der Waals surface area contributed by atoms with Crippen LogP contribution in [-0.4, -0.2) is 11.5 Å². The average molecular weight is 291 g/mol. The maximum atomic E-state index is 12.8. The lowest BCUT2D eigenvalue weighted by Gasteiger charge is -2.25. The molecule has 1 amide bonds. The van der Waals surface area contributed by atoms with Crippen molar-refractivity contribution in [3.05, 3.63) is 60.2 Å². The molecule has 0 heterocycles. The van der Waals surface area contributed by atoms with E-state index in [1.807, 2.05) is 0 Å². The second-order valence-electron chi connectivity index (χ2n) is 5.03. The standard InChI is InChI=1S/C16H15F2NO2/c1-16(2,21-14-9-5-12(18)6-10-14)15(20)19-13-7-3-11(17)4-8-13/h3-10H,1-2H3,(H,19,20). The fraction of sp³-hybridized carbons (Fsp3) is 0.188. The van der Waals surface area contributed by atoms with Crippen LogP contribution in [0.15, 0.2) is 48.5 Å². The third-order valence-electron chi connectivity index (χ3n) is 2.84. The Bertz CT molecular complexity index is 622. The average Bonchev–Trinajstić information content (AvgIpc) is 2.43. The first-order chi connectivity index (χ1) is 9.87. The predicted octanol–water partition coefficient (Wildman–Crippen LogP) is 3.76. The lowest BCUT2D eigenvalue weighted by Crippen LogP contribution is -2.42. The number of anilines is 1. The second-order valence-corrected chi connectivity index (χ2v) is 5.03. The van der Waals surface area contributed by atoms with Crippen molar-refractivity contribution >= 4 is 11.6 Å². The van der Waals surface area contributed by atoms with E-state index >= 15 is 0 Å². The van der Waals surface area contributed by atoms with E-state index in [9.17, 15) is 13.6 Å². The minimum Gasteiger partial charge on any atom is -0.478 e. The van der Waals surface area contributed by atoms with E-state index in [1.165, 1.54) is 48.5 Å². The third-order valence-corrected chi connectivity index (χ3v) is 2.84. The summed E-state index contributed by atoms with van der Waals surface area (Å²) in [7, 11) is 0. The number of hydrogen-bond acceptors (Lipinski definition) is 2. The van der Waals surface area contributed by atoms with E-state index in [2.05, 4.69) is 5.32 Å². The number of benzene rings is 2. The fourth-order valence-corrected chi connectivity index (χ4v) is 1.66. The van der Waals surface area contributed by atoms with Crippen molar-refractivity contribution in [2.75, 3.05) is 5.32 Å². The molecule has 5 heteroatoms. The van der Waals surface area contributed by atoms with Crippen molar-refractivity contribution in [3.63, 3.8) is 0 Å². The lowest BCUT2D eigenvalue weighted by molar-refractivity contribution is -0.128. The van der Waals surface area contributed by atoms with Crippen LogP contribution in [0.1, 0.15) is 13.8 Å². The topological polar surface area (TPSA) is 38.3 Å². The van der Waals surface area contributed by atoms with Crippen LogP contribution in [0.5, 0.6) is 5.75 Å². The molecule has 0 aliphatic heterocycles. The molecule has 0 saturated heterocycles. The van der Waals surface area contributed by atoms with Crippen molar-refractivity contribution in [2.24, 2.45) is 0 Å². The summed E-state index contributed by atoms with van der Waals surface area (Å²) < 4.78 is 31.2. The van der Waals surface area contributed by atoms with E-state index in [-0.39, 0.29) is 11.6 Å². The molecule has 0 atom stereocenters. The zero-order valence-electron chi connectivity index (χ0n) is 11.7. The van der Waals surface area contributed by atoms with Crippen LogP contribution in [-0.2, 0) is 4.79 Å². The molecule has 0 fully saturated rings. The summed E-state index contributed by atoms with van der Waals surface area (Å²) in [5.74, 6) is -0.764. The molecule has 0 aromatic heterocycles. The Labute approximate surface area is 121 Å². The first-order valence-corrected chi connectivity index (χ1v) is 6.38. The molecule has 0 bridgehead atoms. The SMILES string of the molecule is CC(C)(Oc1ccc(F)cc1)C(=O)Nc1ccc(F)cc1. The van der Waals surface area contributed by atoms with E-state index in [1.54, 1.807) is 13.8 Å². The summed E-state index contributed by atoms with van der Waals surface area (Å²) >= 11 is 0. The number of ether oxygens (including phenoxy) is 1. The van der Waals surface area contributed by atoms with Crippen LogP contribution in [0.3, 0.4) is 0 Å². The normalized spacial score (nSPS) is 11.0. The zero-order valence-corrected chi connectivity index (χ0v) is 11.7. The van der Waals surface area contributed by atoms with Gasteiger partial charge in [-0.15, -0.1) is 0 Å². The van der Waals surface area contributed by atoms with Crippen LogP contribution in [0.25, 0.3) is 0 Å². The Morgan fingerprint density at radius 1 is 0.952 bits per heavy atom. The minimum atomic E-state index is -1.16. The van der Waals surface area contributed by atoms with Gasteiger partial charge in [-0.3, -0.25) is 4.79 Å². The van der Waals surface area contributed by atoms with Crippen molar-refractivity contribution in [3.8, 4) is 5.75 Å². The Morgan fingerprint density at radius 2 is 1.43 bits per heavy atom. The summed E-state index contributed by atoms with van der Waals surface area (Å²) in [5.41, 5.74) is -0.691. The molecule has 2 aromatic carbocycles. The molecule has 0 aliphatic carbocycles. The van der Waals surface area contributed by atoms with Crippen LogP contribution in [0.4, 0.5) is 14.5 Å². The molecule has 0 aliphatic rings. The van der Waals surface area contributed by atoms with Gasteiger partial charge in [-0.05, 0) is 62.4 Å². The fourth-order valence-electron chi connectivity index (χ4n) is 1.66. The molecule has 2 rings (SSSR count). The zero-order chi connectivity index (χ0) is 15.5. The quantitative estimate of drug-likeness (QED) is 0.931. The van der Waals surface area contributed by atoms with Gasteiger partial charge >= 0.3 is 0 Å². The molecule has 21 heavy (non-hydrogen) atoms. The molecule has 0 radical (unpaired) electrons. The van der Waals surface area contributed by atoms with Gasteiger partial charge in [0.15, 0.2) is 5.60 Å². The number of amides is 1. The van der Waals surface area contributed by atoms with Crippen LogP contribution >= 0.6 is 0 Å². The monoisotopic (exact) mass is 291 g/mol. The largest absolute Gasteiger partial charge is 0.478 e. The van der Waals surface area contributed by atoms with Crippen molar-refractivity contribution in [2.45, 2.75) is 19.4 Å². The van der Waals surface area contributed by atoms with Gasteiger partial charge < -0.3 is 10.1 Å². The summed E-state index contributed by atoms with van der Waals surface area (Å²) in [6.07, 6.45) is 0. The first-order valence-electron chi connectivity index (χ1n) is 6.38. The summed E-state index contributed by atoms with van der Waals surface area (Å²) in [5, 5.41) is 2.64. The van der Waals surface area contributed by atoms with Crippen LogP contribution in [0.2, 0.25) is 0 Å². The van der Waals surface area contributed by atoms with Crippen molar-refractivity contribution < 1.29 is 18.3 Å². The minimum absolute atomic E-state index is 0.379. The van der Waals surface area contributed by atoms with Gasteiger partial charge in [-0.25, -0.2) is 8.78 Å². The lowest BCUT2D eigenvalue weighted by atomic mass is 10.1. The number of nitrogens with one attached hydrogen (secondary N) is 1. The van der Waals surface area contributed by atoms with Crippen molar-refractivity contribution in [1.82, 2.24) is 0 Å². The Hall–Kier alpha value is -2.43. The van der Waals surface area contributed by atoms with Crippen molar-refractivity contribution in [1.29, 1.82) is 0 Å². The van der Waals surface area contributed by atoms with Gasteiger partial charge in [0, 0.05) is 5.69 Å². The number of carbonyl (C=O) groups is 1. The third kappa shape index (κ3) is 4.02. The van der Waals surface area contributed by atoms with Gasteiger partial charge in [-0.1, -0.05) is 0 Å². The predicted molar refractivity (Wildman–Crippen MR) is 76.1 cm³/mol. The number of halogens is 2. The van der Waals surface area contributed by atoms with Gasteiger partial charge in [0.2, 0.25) is 0 Å². The molecule has 0 saturated carbocycles. The Balaban J connectivity index is 2.05. The van der Waals surface area contributed by atoms with E-state index in [0.29, 0.717) is 11.4 Å². The smallest absolute Gasteiger partial charge is 0.267 e. The highest BCUT2D eigenvalue weighted by atomic mass is 19.1. The van der Waals surface area contributed by atoms with Gasteiger partial charge in [0.05, 0.1) is 0 Å². The molecule has 3 nitrogen and oxygen atoms in total. The molecule has 0 spiro atoms. The molecular weight excluding hydrogens is 276 g/mol. The summed E-state index contributed by atoms with van der Waals surface area (Å²) in [6.45, 7) is 3.18. The number of carbonyl (C=O) groups excluding carboxylic acids is 1. The highest BCUT2D eigenvalue weighted by Gasteiger charge is 2.30. The maximum absolute atomic E-state index is 12.8. The Kier molecular flexibility index (Phi) is 4.21. The maximum Gasteiger partial charge on any atom is 0.267 e. The molecule has 2 aromatic rings. The summed E-state index contributed by atoms with van der Waals surface area (Å²) in [6, 6.07) is 10.8. The van der Waals surface area contributed by atoms with E-state index in [4.69, 9.17) is 4.74 Å². The summed E-state index contributed by atoms with van der Waals surface area (Å²) in [4.78, 5) is 12.2.